The molecule has 1 aromatic carbocycles. The summed E-state index contributed by atoms with van der Waals surface area (Å²) in [6.07, 6.45) is 2.04. The molecule has 0 spiro atoms. The van der Waals surface area contributed by atoms with Crippen molar-refractivity contribution < 1.29 is 32.4 Å². The SMILES string of the molecule is O=C(COC(=O)/C=C/c1ccc([N+](=O)[O-])o1)Nc1ccc(F)c(F)c1. The molecule has 0 bridgehead atoms. The summed E-state index contributed by atoms with van der Waals surface area (Å²) in [5.74, 6) is -4.30. The number of carbonyl (C=O) groups is 2. The van der Waals surface area contributed by atoms with Gasteiger partial charge in [-0.3, -0.25) is 14.9 Å². The van der Waals surface area contributed by atoms with Crippen molar-refractivity contribution in [1.29, 1.82) is 0 Å². The number of nitrogens with one attached hydrogen (secondary N) is 1. The first-order chi connectivity index (χ1) is 11.8. The van der Waals surface area contributed by atoms with Gasteiger partial charge in [-0.05, 0) is 24.3 Å². The third-order valence-electron chi connectivity index (χ3n) is 2.73. The van der Waals surface area contributed by atoms with E-state index < -0.39 is 40.9 Å². The van der Waals surface area contributed by atoms with E-state index in [2.05, 4.69) is 10.1 Å². The lowest BCUT2D eigenvalue weighted by atomic mass is 10.3. The molecule has 25 heavy (non-hydrogen) atoms. The molecule has 0 saturated heterocycles. The van der Waals surface area contributed by atoms with Crippen LogP contribution in [0, 0.1) is 21.7 Å². The van der Waals surface area contributed by atoms with Crippen LogP contribution in [0.1, 0.15) is 5.76 Å². The lowest BCUT2D eigenvalue weighted by Crippen LogP contribution is -2.20. The van der Waals surface area contributed by atoms with Gasteiger partial charge in [-0.15, -0.1) is 0 Å². The van der Waals surface area contributed by atoms with E-state index in [0.717, 1.165) is 36.4 Å². The average molecular weight is 352 g/mol. The predicted octanol–water partition coefficient (Wildman–Crippen LogP) is 2.66. The largest absolute Gasteiger partial charge is 0.452 e. The third-order valence-corrected chi connectivity index (χ3v) is 2.73. The quantitative estimate of drug-likeness (QED) is 0.370. The second-order valence-electron chi connectivity index (χ2n) is 4.55. The Morgan fingerprint density at radius 2 is 2.00 bits per heavy atom. The van der Waals surface area contributed by atoms with E-state index >= 15 is 0 Å². The Balaban J connectivity index is 1.82. The zero-order valence-electron chi connectivity index (χ0n) is 12.4. The first kappa shape index (κ1) is 17.8. The van der Waals surface area contributed by atoms with Gasteiger partial charge in [-0.25, -0.2) is 13.6 Å². The highest BCUT2D eigenvalue weighted by molar-refractivity contribution is 5.94. The molecule has 0 aliphatic heterocycles. The van der Waals surface area contributed by atoms with Crippen molar-refractivity contribution in [3.63, 3.8) is 0 Å². The summed E-state index contributed by atoms with van der Waals surface area (Å²) in [5, 5.41) is 12.6. The van der Waals surface area contributed by atoms with Crippen molar-refractivity contribution in [2.24, 2.45) is 0 Å². The normalized spacial score (nSPS) is 10.6. The van der Waals surface area contributed by atoms with Crippen LogP contribution in [0.4, 0.5) is 20.4 Å². The number of nitro groups is 1. The summed E-state index contributed by atoms with van der Waals surface area (Å²) < 4.78 is 35.1. The minimum atomic E-state index is -1.13. The van der Waals surface area contributed by atoms with Gasteiger partial charge in [-0.2, -0.15) is 0 Å². The van der Waals surface area contributed by atoms with Gasteiger partial charge < -0.3 is 14.5 Å². The smallest absolute Gasteiger partial charge is 0.433 e. The van der Waals surface area contributed by atoms with Crippen molar-refractivity contribution in [2.45, 2.75) is 0 Å². The first-order valence-electron chi connectivity index (χ1n) is 6.69. The number of carbonyl (C=O) groups excluding carboxylic acids is 2. The fraction of sp³-hybridized carbons (Fsp3) is 0.0667. The van der Waals surface area contributed by atoms with Gasteiger partial charge in [-0.1, -0.05) is 0 Å². The molecule has 130 valence electrons. The number of benzene rings is 1. The number of rotatable bonds is 6. The average Bonchev–Trinajstić information content (AvgIpc) is 3.04. The minimum absolute atomic E-state index is 0.00149. The second-order valence-corrected chi connectivity index (χ2v) is 4.55. The maximum atomic E-state index is 13.0. The number of amides is 1. The number of ether oxygens (including phenoxy) is 1. The van der Waals surface area contributed by atoms with Crippen molar-refractivity contribution >= 4 is 29.5 Å². The van der Waals surface area contributed by atoms with Gasteiger partial charge in [0.2, 0.25) is 0 Å². The minimum Gasteiger partial charge on any atom is -0.452 e. The number of hydrogen-bond acceptors (Lipinski definition) is 6. The summed E-state index contributed by atoms with van der Waals surface area (Å²) in [6, 6.07) is 5.14. The highest BCUT2D eigenvalue weighted by Gasteiger charge is 2.11. The fourth-order valence-electron chi connectivity index (χ4n) is 1.64. The molecule has 0 saturated carbocycles. The topological polar surface area (TPSA) is 112 Å². The molecule has 0 unspecified atom stereocenters. The van der Waals surface area contributed by atoms with Gasteiger partial charge in [0.15, 0.2) is 18.2 Å². The van der Waals surface area contributed by atoms with Gasteiger partial charge >= 0.3 is 11.9 Å². The molecular formula is C15H10F2N2O6. The molecule has 2 rings (SSSR count). The molecule has 1 amide bonds. The van der Waals surface area contributed by atoms with Crippen LogP contribution in [0.15, 0.2) is 40.8 Å². The van der Waals surface area contributed by atoms with Crippen LogP contribution < -0.4 is 5.32 Å². The molecule has 0 radical (unpaired) electrons. The first-order valence-corrected chi connectivity index (χ1v) is 6.69. The van der Waals surface area contributed by atoms with Crippen molar-refractivity contribution in [2.75, 3.05) is 11.9 Å². The molecule has 1 N–H and O–H groups in total. The van der Waals surface area contributed by atoms with E-state index in [1.807, 2.05) is 0 Å². The highest BCUT2D eigenvalue weighted by atomic mass is 19.2. The van der Waals surface area contributed by atoms with Crippen molar-refractivity contribution in [3.8, 4) is 0 Å². The van der Waals surface area contributed by atoms with Gasteiger partial charge in [0.25, 0.3) is 5.91 Å². The Bertz CT molecular complexity index is 846. The molecule has 8 nitrogen and oxygen atoms in total. The predicted molar refractivity (Wildman–Crippen MR) is 80.3 cm³/mol. The van der Waals surface area contributed by atoms with E-state index in [1.165, 1.54) is 6.07 Å². The van der Waals surface area contributed by atoms with E-state index in [9.17, 15) is 28.5 Å². The third kappa shape index (κ3) is 5.23. The maximum Gasteiger partial charge on any atom is 0.433 e. The lowest BCUT2D eigenvalue weighted by molar-refractivity contribution is -0.402. The number of halogens is 2. The van der Waals surface area contributed by atoms with Crippen molar-refractivity contribution in [3.05, 3.63) is 63.9 Å². The molecular weight excluding hydrogens is 342 g/mol. The molecule has 10 heteroatoms. The fourth-order valence-corrected chi connectivity index (χ4v) is 1.64. The zero-order chi connectivity index (χ0) is 18.4. The molecule has 0 aliphatic rings. The number of furan rings is 1. The monoisotopic (exact) mass is 352 g/mol. The highest BCUT2D eigenvalue weighted by Crippen LogP contribution is 2.16. The number of anilines is 1. The lowest BCUT2D eigenvalue weighted by Gasteiger charge is -2.05. The Kier molecular flexibility index (Phi) is 5.56. The van der Waals surface area contributed by atoms with Crippen molar-refractivity contribution in [1.82, 2.24) is 0 Å². The molecule has 1 heterocycles. The Hall–Kier alpha value is -3.56. The summed E-state index contributed by atoms with van der Waals surface area (Å²) in [4.78, 5) is 32.7. The van der Waals surface area contributed by atoms with E-state index in [4.69, 9.17) is 4.42 Å². The molecule has 0 atom stereocenters. The second kappa shape index (κ2) is 7.81. The summed E-state index contributed by atoms with van der Waals surface area (Å²) in [6.45, 7) is -0.666. The van der Waals surface area contributed by atoms with E-state index in [0.29, 0.717) is 0 Å². The van der Waals surface area contributed by atoms with Gasteiger partial charge in [0, 0.05) is 17.8 Å². The standard InChI is InChI=1S/C15H10F2N2O6/c16-11-4-1-9(7-12(11)17)18-13(20)8-24-15(21)6-3-10-2-5-14(25-10)19(22)23/h1-7H,8H2,(H,18,20)/b6-3+. The van der Waals surface area contributed by atoms with Crippen LogP contribution in [0.3, 0.4) is 0 Å². The molecule has 2 aromatic rings. The summed E-state index contributed by atoms with van der Waals surface area (Å²) >= 11 is 0. The Labute approximate surface area is 138 Å². The van der Waals surface area contributed by atoms with E-state index in [-0.39, 0.29) is 11.4 Å². The van der Waals surface area contributed by atoms with Crippen LogP contribution in [0.5, 0.6) is 0 Å². The Morgan fingerprint density at radius 1 is 1.24 bits per heavy atom. The summed E-state index contributed by atoms with van der Waals surface area (Å²) in [7, 11) is 0. The van der Waals surface area contributed by atoms with Crippen LogP contribution >= 0.6 is 0 Å². The van der Waals surface area contributed by atoms with E-state index in [1.54, 1.807) is 0 Å². The van der Waals surface area contributed by atoms with Gasteiger partial charge in [0.1, 0.15) is 10.7 Å². The molecule has 0 fully saturated rings. The van der Waals surface area contributed by atoms with Crippen LogP contribution in [-0.4, -0.2) is 23.4 Å². The maximum absolute atomic E-state index is 13.0. The van der Waals surface area contributed by atoms with Crippen LogP contribution in [0.2, 0.25) is 0 Å². The number of nitrogens with zero attached hydrogens (tertiary/aromatic N) is 1. The zero-order valence-corrected chi connectivity index (χ0v) is 12.4. The molecule has 0 aliphatic carbocycles. The molecule has 1 aromatic heterocycles. The number of esters is 1. The summed E-state index contributed by atoms with van der Waals surface area (Å²) in [5.41, 5.74) is -0.00149. The van der Waals surface area contributed by atoms with Gasteiger partial charge in [0.05, 0.1) is 6.07 Å². The van der Waals surface area contributed by atoms with Crippen LogP contribution in [-0.2, 0) is 14.3 Å². The van der Waals surface area contributed by atoms with Crippen LogP contribution in [0.25, 0.3) is 6.08 Å². The number of hydrogen-bond donors (Lipinski definition) is 1. The Morgan fingerprint density at radius 3 is 2.64 bits per heavy atom.